The minimum Gasteiger partial charge on any atom is -0.321 e. The summed E-state index contributed by atoms with van der Waals surface area (Å²) in [5.74, 6) is -0.317. The van der Waals surface area contributed by atoms with Crippen LogP contribution in [0.25, 0.3) is 0 Å². The molecule has 134 valence electrons. The maximum atomic E-state index is 12.3. The number of anilines is 2. The van der Waals surface area contributed by atoms with E-state index in [0.29, 0.717) is 16.3 Å². The van der Waals surface area contributed by atoms with Gasteiger partial charge in [0.15, 0.2) is 11.0 Å². The Kier molecular flexibility index (Phi) is 5.11. The first-order valence-corrected chi connectivity index (χ1v) is 9.71. The fourth-order valence-electron chi connectivity index (χ4n) is 1.91. The lowest BCUT2D eigenvalue weighted by atomic mass is 10.3. The summed E-state index contributed by atoms with van der Waals surface area (Å²) in [5, 5.41) is 13.8. The van der Waals surface area contributed by atoms with Gasteiger partial charge in [0.25, 0.3) is 15.9 Å². The minimum atomic E-state index is -3.85. The van der Waals surface area contributed by atoms with Crippen molar-refractivity contribution in [3.8, 4) is 0 Å². The second kappa shape index (κ2) is 7.32. The quantitative estimate of drug-likeness (QED) is 0.660. The molecule has 0 saturated heterocycles. The maximum Gasteiger partial charge on any atom is 0.269 e. The molecule has 9 nitrogen and oxygen atoms in total. The Morgan fingerprint density at radius 2 is 1.81 bits per heavy atom. The topological polar surface area (TPSA) is 127 Å². The Bertz CT molecular complexity index is 1040. The van der Waals surface area contributed by atoms with Crippen molar-refractivity contribution in [3.63, 3.8) is 0 Å². The number of aromatic nitrogens is 4. The third kappa shape index (κ3) is 4.12. The molecular formula is C14H11ClN6O3S2. The number of hydrogen-bond donors (Lipinski definition) is 2. The fourth-order valence-corrected chi connectivity index (χ4v) is 3.56. The third-order valence-electron chi connectivity index (χ3n) is 3.15. The van der Waals surface area contributed by atoms with E-state index in [1.807, 2.05) is 0 Å². The Morgan fingerprint density at radius 1 is 1.08 bits per heavy atom. The third-order valence-corrected chi connectivity index (χ3v) is 5.55. The average molecular weight is 411 g/mol. The van der Waals surface area contributed by atoms with E-state index in [-0.39, 0.29) is 21.8 Å². The Morgan fingerprint density at radius 3 is 2.38 bits per heavy atom. The van der Waals surface area contributed by atoms with E-state index < -0.39 is 10.0 Å². The van der Waals surface area contributed by atoms with Gasteiger partial charge in [-0.1, -0.05) is 16.1 Å². The van der Waals surface area contributed by atoms with E-state index in [4.69, 9.17) is 11.6 Å². The number of nitrogens with one attached hydrogen (secondary N) is 2. The van der Waals surface area contributed by atoms with Crippen molar-refractivity contribution in [2.45, 2.75) is 11.8 Å². The Hall–Kier alpha value is -2.63. The first kappa shape index (κ1) is 18.2. The molecule has 2 heterocycles. The van der Waals surface area contributed by atoms with Crippen LogP contribution in [0.1, 0.15) is 15.4 Å². The highest BCUT2D eigenvalue weighted by Gasteiger charge is 2.17. The van der Waals surface area contributed by atoms with E-state index in [0.717, 1.165) is 11.5 Å². The molecule has 1 amide bonds. The van der Waals surface area contributed by atoms with Gasteiger partial charge in [-0.15, -0.1) is 15.3 Å². The van der Waals surface area contributed by atoms with Crippen LogP contribution >= 0.6 is 23.1 Å². The van der Waals surface area contributed by atoms with Gasteiger partial charge < -0.3 is 5.32 Å². The summed E-state index contributed by atoms with van der Waals surface area (Å²) in [4.78, 5) is 12.5. The highest BCUT2D eigenvalue weighted by Crippen LogP contribution is 2.19. The number of nitrogens with zero attached hydrogens (tertiary/aromatic N) is 4. The van der Waals surface area contributed by atoms with Crippen LogP contribution in [0.4, 0.5) is 11.5 Å². The number of benzene rings is 1. The number of amides is 1. The summed E-state index contributed by atoms with van der Waals surface area (Å²) < 4.78 is 30.7. The van der Waals surface area contributed by atoms with Gasteiger partial charge in [-0.2, -0.15) is 0 Å². The van der Waals surface area contributed by atoms with Gasteiger partial charge in [0.1, 0.15) is 4.88 Å². The van der Waals surface area contributed by atoms with Crippen molar-refractivity contribution >= 4 is 50.6 Å². The van der Waals surface area contributed by atoms with Gasteiger partial charge in [0, 0.05) is 5.69 Å². The van der Waals surface area contributed by atoms with Crippen molar-refractivity contribution in [1.82, 2.24) is 19.8 Å². The molecule has 0 bridgehead atoms. The van der Waals surface area contributed by atoms with Crippen molar-refractivity contribution in [1.29, 1.82) is 0 Å². The summed E-state index contributed by atoms with van der Waals surface area (Å²) in [6, 6.07) is 8.49. The molecule has 2 N–H and O–H groups in total. The van der Waals surface area contributed by atoms with Crippen LogP contribution < -0.4 is 10.0 Å². The van der Waals surface area contributed by atoms with Crippen LogP contribution in [-0.4, -0.2) is 34.1 Å². The lowest BCUT2D eigenvalue weighted by Gasteiger charge is -2.08. The summed E-state index contributed by atoms with van der Waals surface area (Å²) in [7, 11) is -3.85. The molecule has 12 heteroatoms. The molecule has 3 rings (SSSR count). The molecule has 0 aliphatic heterocycles. The van der Waals surface area contributed by atoms with Gasteiger partial charge in [0.05, 0.1) is 10.6 Å². The number of carbonyl (C=O) groups is 1. The number of hydrogen-bond acceptors (Lipinski definition) is 8. The van der Waals surface area contributed by atoms with E-state index in [1.165, 1.54) is 36.4 Å². The average Bonchev–Trinajstić information content (AvgIpc) is 3.03. The minimum absolute atomic E-state index is 0.00267. The molecule has 0 saturated carbocycles. The zero-order chi connectivity index (χ0) is 18.7. The molecule has 0 atom stereocenters. The number of rotatable bonds is 5. The van der Waals surface area contributed by atoms with Crippen molar-refractivity contribution in [2.24, 2.45) is 0 Å². The molecule has 0 spiro atoms. The maximum absolute atomic E-state index is 12.3. The van der Waals surface area contributed by atoms with Crippen LogP contribution in [0.2, 0.25) is 5.15 Å². The first-order chi connectivity index (χ1) is 12.3. The van der Waals surface area contributed by atoms with Crippen molar-refractivity contribution in [2.75, 3.05) is 10.0 Å². The monoisotopic (exact) mass is 410 g/mol. The summed E-state index contributed by atoms with van der Waals surface area (Å²) in [6.07, 6.45) is 0. The lowest BCUT2D eigenvalue weighted by molar-refractivity contribution is 0.103. The number of halogens is 1. The molecule has 0 aliphatic rings. The smallest absolute Gasteiger partial charge is 0.269 e. The van der Waals surface area contributed by atoms with Gasteiger partial charge >= 0.3 is 0 Å². The summed E-state index contributed by atoms with van der Waals surface area (Å²) in [5.41, 5.74) is 0.966. The van der Waals surface area contributed by atoms with Crippen LogP contribution in [0, 0.1) is 6.92 Å². The van der Waals surface area contributed by atoms with Crippen LogP contribution in [0.3, 0.4) is 0 Å². The van der Waals surface area contributed by atoms with Gasteiger partial charge in [0.2, 0.25) is 0 Å². The lowest BCUT2D eigenvalue weighted by Crippen LogP contribution is -2.15. The van der Waals surface area contributed by atoms with Crippen LogP contribution in [0.5, 0.6) is 0 Å². The fraction of sp³-hybridized carbons (Fsp3) is 0.0714. The molecule has 0 aliphatic carbocycles. The molecule has 0 fully saturated rings. The second-order valence-electron chi connectivity index (χ2n) is 5.01. The molecule has 0 radical (unpaired) electrons. The highest BCUT2D eigenvalue weighted by atomic mass is 35.5. The second-order valence-corrected chi connectivity index (χ2v) is 7.84. The molecule has 3 aromatic rings. The number of carbonyl (C=O) groups excluding carboxylic acids is 1. The summed E-state index contributed by atoms with van der Waals surface area (Å²) in [6.45, 7) is 1.68. The van der Waals surface area contributed by atoms with Crippen molar-refractivity contribution in [3.05, 3.63) is 52.1 Å². The van der Waals surface area contributed by atoms with E-state index in [2.05, 4.69) is 29.8 Å². The highest BCUT2D eigenvalue weighted by molar-refractivity contribution is 7.92. The Labute approximate surface area is 157 Å². The molecule has 2 aromatic heterocycles. The molecule has 0 unspecified atom stereocenters. The largest absolute Gasteiger partial charge is 0.321 e. The standard InChI is InChI=1S/C14H11ClN6O3S2/c1-8-13(25-21-17-8)14(22)16-9-2-4-10(5-3-9)26(23,24)20-12-7-6-11(15)18-19-12/h2-7H,1H3,(H,16,22)(H,19,20). The molecule has 1 aromatic carbocycles. The van der Waals surface area contributed by atoms with Gasteiger partial charge in [-0.3, -0.25) is 9.52 Å². The van der Waals surface area contributed by atoms with Crippen molar-refractivity contribution < 1.29 is 13.2 Å². The number of aryl methyl sites for hydroxylation is 1. The molecular weight excluding hydrogens is 400 g/mol. The zero-order valence-electron chi connectivity index (χ0n) is 13.2. The Balaban J connectivity index is 1.73. The van der Waals surface area contributed by atoms with Crippen LogP contribution in [-0.2, 0) is 10.0 Å². The predicted molar refractivity (Wildman–Crippen MR) is 96.9 cm³/mol. The first-order valence-electron chi connectivity index (χ1n) is 7.07. The SMILES string of the molecule is Cc1nnsc1C(=O)Nc1ccc(S(=O)(=O)Nc2ccc(Cl)nn2)cc1. The molecule has 26 heavy (non-hydrogen) atoms. The van der Waals surface area contributed by atoms with Crippen LogP contribution in [0.15, 0.2) is 41.3 Å². The van der Waals surface area contributed by atoms with Gasteiger partial charge in [-0.05, 0) is 54.9 Å². The predicted octanol–water partition coefficient (Wildman–Crippen LogP) is 2.34. The number of sulfonamides is 1. The normalized spacial score (nSPS) is 11.2. The zero-order valence-corrected chi connectivity index (χ0v) is 15.6. The van der Waals surface area contributed by atoms with Gasteiger partial charge in [-0.25, -0.2) is 8.42 Å². The van der Waals surface area contributed by atoms with E-state index in [9.17, 15) is 13.2 Å². The van der Waals surface area contributed by atoms with E-state index in [1.54, 1.807) is 6.92 Å². The summed E-state index contributed by atoms with van der Waals surface area (Å²) >= 11 is 6.60. The van der Waals surface area contributed by atoms with E-state index >= 15 is 0 Å².